The molecule has 150 valence electrons. The first kappa shape index (κ1) is 21.6. The molecule has 3 atom stereocenters. The number of methoxy groups -OCH3 is 1. The molecule has 0 aromatic heterocycles. The molecular formula is C20H37NO4Si. The Morgan fingerprint density at radius 2 is 1.85 bits per heavy atom. The highest BCUT2D eigenvalue weighted by Gasteiger charge is 2.42. The minimum Gasteiger partial charge on any atom is -0.392 e. The van der Waals surface area contributed by atoms with Crippen LogP contribution in [0.5, 0.6) is 0 Å². The number of carbonyl (C=O) groups is 1. The Morgan fingerprint density at radius 1 is 1.23 bits per heavy atom. The van der Waals surface area contributed by atoms with Crippen molar-refractivity contribution in [2.45, 2.75) is 90.0 Å². The van der Waals surface area contributed by atoms with E-state index < -0.39 is 8.32 Å². The Bertz CT molecular complexity index is 520. The van der Waals surface area contributed by atoms with Crippen molar-refractivity contribution in [3.8, 4) is 0 Å². The average Bonchev–Trinajstić information content (AvgIpc) is 2.56. The maximum Gasteiger partial charge on any atom is 0.246 e. The van der Waals surface area contributed by atoms with Gasteiger partial charge in [0.25, 0.3) is 0 Å². The van der Waals surface area contributed by atoms with Gasteiger partial charge in [0.2, 0.25) is 5.91 Å². The molecule has 26 heavy (non-hydrogen) atoms. The quantitative estimate of drug-likeness (QED) is 0.542. The van der Waals surface area contributed by atoms with Gasteiger partial charge in [0.05, 0.1) is 12.2 Å². The largest absolute Gasteiger partial charge is 0.392 e. The molecule has 0 aliphatic carbocycles. The summed E-state index contributed by atoms with van der Waals surface area (Å²) in [6.45, 7) is 14.8. The van der Waals surface area contributed by atoms with Gasteiger partial charge in [0, 0.05) is 32.7 Å². The van der Waals surface area contributed by atoms with E-state index in [-0.39, 0.29) is 29.4 Å². The highest BCUT2D eigenvalue weighted by atomic mass is 28.4. The van der Waals surface area contributed by atoms with E-state index in [9.17, 15) is 4.79 Å². The molecule has 0 saturated carbocycles. The molecular weight excluding hydrogens is 346 g/mol. The number of rotatable bonds is 4. The summed E-state index contributed by atoms with van der Waals surface area (Å²) in [6.07, 6.45) is 5.18. The molecule has 2 fully saturated rings. The molecule has 2 rings (SSSR count). The van der Waals surface area contributed by atoms with Gasteiger partial charge in [0.15, 0.2) is 14.6 Å². The predicted molar refractivity (Wildman–Crippen MR) is 107 cm³/mol. The average molecular weight is 384 g/mol. The van der Waals surface area contributed by atoms with Gasteiger partial charge < -0.3 is 18.8 Å². The van der Waals surface area contributed by atoms with E-state index in [2.05, 4.69) is 33.9 Å². The minimum atomic E-state index is -1.92. The fraction of sp³-hybridized carbons (Fsp3) is 0.850. The van der Waals surface area contributed by atoms with Gasteiger partial charge in [-0.3, -0.25) is 4.79 Å². The van der Waals surface area contributed by atoms with Crippen molar-refractivity contribution in [2.75, 3.05) is 20.2 Å². The topological polar surface area (TPSA) is 48.0 Å². The molecule has 2 aliphatic heterocycles. The zero-order valence-corrected chi connectivity index (χ0v) is 18.6. The van der Waals surface area contributed by atoms with Gasteiger partial charge >= 0.3 is 0 Å². The van der Waals surface area contributed by atoms with Crippen LogP contribution in [0.2, 0.25) is 18.1 Å². The SMILES string of the molecule is CO[C@H]1C[C@H](O[Si](C)(C)C(C)(C)C)O[C@@H](C)/C1=C/C(=O)N1CCCCC1. The maximum atomic E-state index is 12.6. The number of hydrogen-bond acceptors (Lipinski definition) is 4. The Balaban J connectivity index is 2.08. The predicted octanol–water partition coefficient (Wildman–Crippen LogP) is 4.10. The van der Waals surface area contributed by atoms with Crippen molar-refractivity contribution in [2.24, 2.45) is 0 Å². The first-order valence-corrected chi connectivity index (χ1v) is 12.8. The second-order valence-corrected chi connectivity index (χ2v) is 13.8. The number of likely N-dealkylation sites (tertiary alicyclic amines) is 1. The van der Waals surface area contributed by atoms with Gasteiger partial charge in [-0.2, -0.15) is 0 Å². The van der Waals surface area contributed by atoms with Crippen molar-refractivity contribution < 1.29 is 18.7 Å². The van der Waals surface area contributed by atoms with Crippen LogP contribution in [-0.4, -0.2) is 57.8 Å². The minimum absolute atomic E-state index is 0.0842. The number of amides is 1. The van der Waals surface area contributed by atoms with E-state index in [1.54, 1.807) is 13.2 Å². The van der Waals surface area contributed by atoms with E-state index >= 15 is 0 Å². The van der Waals surface area contributed by atoms with Crippen LogP contribution >= 0.6 is 0 Å². The number of carbonyl (C=O) groups excluding carboxylic acids is 1. The van der Waals surface area contributed by atoms with Gasteiger partial charge in [-0.15, -0.1) is 0 Å². The maximum absolute atomic E-state index is 12.6. The molecule has 2 saturated heterocycles. The third kappa shape index (κ3) is 5.18. The van der Waals surface area contributed by atoms with Crippen LogP contribution in [0.25, 0.3) is 0 Å². The van der Waals surface area contributed by atoms with Crippen LogP contribution in [0.1, 0.15) is 53.4 Å². The molecule has 0 radical (unpaired) electrons. The Labute approximate surface area is 160 Å². The number of ether oxygens (including phenoxy) is 2. The van der Waals surface area contributed by atoms with E-state index in [0.717, 1.165) is 31.5 Å². The molecule has 6 heteroatoms. The summed E-state index contributed by atoms with van der Waals surface area (Å²) in [5.74, 6) is 0.0842. The highest BCUT2D eigenvalue weighted by Crippen LogP contribution is 2.39. The molecule has 2 aliphatic rings. The third-order valence-corrected chi connectivity index (χ3v) is 10.5. The van der Waals surface area contributed by atoms with Gasteiger partial charge in [-0.1, -0.05) is 20.8 Å². The fourth-order valence-corrected chi connectivity index (χ4v) is 4.47. The van der Waals surface area contributed by atoms with Gasteiger partial charge in [0.1, 0.15) is 0 Å². The lowest BCUT2D eigenvalue weighted by Gasteiger charge is -2.43. The molecule has 0 N–H and O–H groups in total. The Morgan fingerprint density at radius 3 is 2.38 bits per heavy atom. The molecule has 0 aromatic rings. The van der Waals surface area contributed by atoms with Crippen LogP contribution in [0, 0.1) is 0 Å². The van der Waals surface area contributed by atoms with Gasteiger partial charge in [-0.05, 0) is 49.9 Å². The first-order valence-electron chi connectivity index (χ1n) is 9.91. The molecule has 5 nitrogen and oxygen atoms in total. The Kier molecular flexibility index (Phi) is 7.10. The van der Waals surface area contributed by atoms with Crippen molar-refractivity contribution in [1.82, 2.24) is 4.90 Å². The lowest BCUT2D eigenvalue weighted by atomic mass is 9.97. The standard InChI is InChI=1S/C20H37NO4Si/c1-15-16(13-18(22)21-11-9-8-10-12-21)17(23-5)14-19(24-15)25-26(6,7)20(2,3)4/h13,15,17,19H,8-12,14H2,1-7H3/b16-13-/t15-,17-,19-/m0/s1. The molecule has 0 unspecified atom stereocenters. The third-order valence-electron chi connectivity index (χ3n) is 6.08. The zero-order chi connectivity index (χ0) is 19.5. The molecule has 0 aromatic carbocycles. The molecule has 1 amide bonds. The summed E-state index contributed by atoms with van der Waals surface area (Å²) in [4.78, 5) is 14.6. The second-order valence-electron chi connectivity index (χ2n) is 9.08. The summed E-state index contributed by atoms with van der Waals surface area (Å²) in [7, 11) is -0.221. The summed E-state index contributed by atoms with van der Waals surface area (Å²) in [5, 5.41) is 0.127. The van der Waals surface area contributed by atoms with Crippen LogP contribution < -0.4 is 0 Å². The number of nitrogens with zero attached hydrogens (tertiary/aromatic N) is 1. The summed E-state index contributed by atoms with van der Waals surface area (Å²) >= 11 is 0. The summed E-state index contributed by atoms with van der Waals surface area (Å²) in [6, 6.07) is 0. The van der Waals surface area contributed by atoms with E-state index in [1.165, 1.54) is 6.42 Å². The second kappa shape index (κ2) is 8.55. The van der Waals surface area contributed by atoms with Crippen LogP contribution in [0.4, 0.5) is 0 Å². The summed E-state index contributed by atoms with van der Waals surface area (Å²) in [5.41, 5.74) is 0.929. The number of piperidine rings is 1. The number of hydrogen-bond donors (Lipinski definition) is 0. The normalized spacial score (nSPS) is 29.9. The van der Waals surface area contributed by atoms with Crippen LogP contribution in [0.15, 0.2) is 11.6 Å². The van der Waals surface area contributed by atoms with Crippen LogP contribution in [0.3, 0.4) is 0 Å². The van der Waals surface area contributed by atoms with E-state index in [0.29, 0.717) is 6.42 Å². The molecule has 0 bridgehead atoms. The van der Waals surface area contributed by atoms with Crippen molar-refractivity contribution in [3.05, 3.63) is 11.6 Å². The highest BCUT2D eigenvalue weighted by molar-refractivity contribution is 6.74. The monoisotopic (exact) mass is 383 g/mol. The lowest BCUT2D eigenvalue weighted by molar-refractivity contribution is -0.156. The van der Waals surface area contributed by atoms with Gasteiger partial charge in [-0.25, -0.2) is 0 Å². The van der Waals surface area contributed by atoms with Crippen LogP contribution in [-0.2, 0) is 18.7 Å². The first-order chi connectivity index (χ1) is 12.0. The van der Waals surface area contributed by atoms with E-state index in [4.69, 9.17) is 13.9 Å². The van der Waals surface area contributed by atoms with Crippen molar-refractivity contribution in [3.63, 3.8) is 0 Å². The van der Waals surface area contributed by atoms with Crippen molar-refractivity contribution >= 4 is 14.2 Å². The molecule has 0 spiro atoms. The Hall–Kier alpha value is -0.693. The van der Waals surface area contributed by atoms with E-state index in [1.807, 2.05) is 11.8 Å². The fourth-order valence-electron chi connectivity index (χ4n) is 3.31. The lowest BCUT2D eigenvalue weighted by Crippen LogP contribution is -2.49. The smallest absolute Gasteiger partial charge is 0.246 e. The zero-order valence-electron chi connectivity index (χ0n) is 17.6. The van der Waals surface area contributed by atoms with Crippen molar-refractivity contribution in [1.29, 1.82) is 0 Å². The molecule has 2 heterocycles. The summed E-state index contributed by atoms with van der Waals surface area (Å²) < 4.78 is 18.3.